The number of hydrogen-bond acceptors (Lipinski definition) is 6. The van der Waals surface area contributed by atoms with E-state index in [0.717, 1.165) is 35.5 Å². The van der Waals surface area contributed by atoms with Crippen LogP contribution in [0.1, 0.15) is 35.0 Å². The zero-order valence-electron chi connectivity index (χ0n) is 18.6. The number of likely N-dealkylation sites (tertiary alicyclic amines) is 1. The number of aromatic amines is 1. The van der Waals surface area contributed by atoms with E-state index in [9.17, 15) is 9.59 Å². The van der Waals surface area contributed by atoms with E-state index in [1.165, 1.54) is 0 Å². The fourth-order valence-corrected chi connectivity index (χ4v) is 4.16. The fraction of sp³-hybridized carbons (Fsp3) is 0.320. The molecule has 1 aliphatic heterocycles. The summed E-state index contributed by atoms with van der Waals surface area (Å²) in [4.78, 5) is 32.3. The second-order valence-electron chi connectivity index (χ2n) is 8.27. The van der Waals surface area contributed by atoms with Gasteiger partial charge in [-0.05, 0) is 54.2 Å². The Labute approximate surface area is 203 Å². The van der Waals surface area contributed by atoms with Gasteiger partial charge in [-0.25, -0.2) is 9.78 Å². The van der Waals surface area contributed by atoms with Crippen molar-refractivity contribution in [3.8, 4) is 11.5 Å². The van der Waals surface area contributed by atoms with Crippen LogP contribution in [0.2, 0.25) is 0 Å². The second-order valence-corrected chi connectivity index (χ2v) is 8.79. The zero-order valence-corrected chi connectivity index (χ0v) is 19.5. The molecule has 3 aromatic rings. The van der Waals surface area contributed by atoms with Crippen LogP contribution < -0.4 is 9.47 Å². The largest absolute Gasteiger partial charge is 0.493 e. The van der Waals surface area contributed by atoms with E-state index in [4.69, 9.17) is 14.6 Å². The minimum Gasteiger partial charge on any atom is -0.493 e. The highest BCUT2D eigenvalue weighted by Gasteiger charge is 2.24. The summed E-state index contributed by atoms with van der Waals surface area (Å²) in [7, 11) is 0. The Balaban J connectivity index is 1.20. The Morgan fingerprint density at radius 3 is 2.38 bits per heavy atom. The number of nitrogens with one attached hydrogen (secondary N) is 1. The van der Waals surface area contributed by atoms with Crippen LogP contribution in [0.3, 0.4) is 0 Å². The first-order chi connectivity index (χ1) is 16.5. The minimum absolute atomic E-state index is 0.000355. The number of piperidine rings is 1. The molecule has 2 heterocycles. The van der Waals surface area contributed by atoms with Gasteiger partial charge in [-0.1, -0.05) is 24.3 Å². The number of aromatic nitrogens is 2. The lowest BCUT2D eigenvalue weighted by Crippen LogP contribution is -2.41. The topological polar surface area (TPSA) is 105 Å². The molecule has 4 rings (SSSR count). The first-order valence-corrected chi connectivity index (χ1v) is 11.7. The van der Waals surface area contributed by atoms with Crippen LogP contribution in [0.15, 0.2) is 60.9 Å². The zero-order chi connectivity index (χ0) is 23.9. The predicted molar refractivity (Wildman–Crippen MR) is 129 cm³/mol. The van der Waals surface area contributed by atoms with E-state index in [1.54, 1.807) is 53.7 Å². The summed E-state index contributed by atoms with van der Waals surface area (Å²) in [5, 5.41) is 8.66. The molecule has 0 bridgehead atoms. The maximum atomic E-state index is 12.6. The lowest BCUT2D eigenvalue weighted by Gasteiger charge is -2.31. The Morgan fingerprint density at radius 2 is 1.76 bits per heavy atom. The van der Waals surface area contributed by atoms with Crippen molar-refractivity contribution in [3.63, 3.8) is 0 Å². The number of carboxylic acid groups (broad SMARTS) is 1. The molecule has 1 unspecified atom stereocenters. The van der Waals surface area contributed by atoms with E-state index < -0.39 is 5.97 Å². The highest BCUT2D eigenvalue weighted by atomic mass is 32.1. The number of nitrogens with zero attached hydrogens (tertiary/aromatic N) is 2. The summed E-state index contributed by atoms with van der Waals surface area (Å²) < 4.78 is 11.4. The Kier molecular flexibility index (Phi) is 7.74. The number of aliphatic carboxylic acids is 1. The number of amides is 1. The van der Waals surface area contributed by atoms with Crippen LogP contribution in [0.5, 0.6) is 11.5 Å². The van der Waals surface area contributed by atoms with Crippen LogP contribution in [0.25, 0.3) is 0 Å². The molecule has 1 amide bonds. The average molecular weight is 482 g/mol. The first-order valence-electron chi connectivity index (χ1n) is 11.2. The highest BCUT2D eigenvalue weighted by Crippen LogP contribution is 2.27. The van der Waals surface area contributed by atoms with E-state index in [0.29, 0.717) is 31.4 Å². The normalized spacial score (nSPS) is 15.0. The van der Waals surface area contributed by atoms with Crippen molar-refractivity contribution in [2.45, 2.75) is 24.5 Å². The molecule has 9 heteroatoms. The summed E-state index contributed by atoms with van der Waals surface area (Å²) in [6, 6.07) is 14.4. The molecule has 0 radical (unpaired) electrons. The Morgan fingerprint density at radius 1 is 1.09 bits per heavy atom. The number of carboxylic acids is 1. The standard InChI is InChI=1S/C25H27N3O5S/c29-22(30)15-17-1-5-20(6-2-17)32-16-18-9-13-28(14-10-18)25(31)33-21-7-3-19(4-8-21)23(34)24-26-11-12-27-24/h1-8,11-12,18,23,34H,9-10,13-16H2,(H,26,27)(H,29,30). The fourth-order valence-electron chi connectivity index (χ4n) is 3.84. The monoisotopic (exact) mass is 481 g/mol. The van der Waals surface area contributed by atoms with Crippen molar-refractivity contribution in [2.24, 2.45) is 5.92 Å². The maximum Gasteiger partial charge on any atom is 0.415 e. The third-order valence-corrected chi connectivity index (χ3v) is 6.36. The van der Waals surface area contributed by atoms with Gasteiger partial charge in [-0.15, -0.1) is 0 Å². The summed E-state index contributed by atoms with van der Waals surface area (Å²) in [5.74, 6) is 1.46. The summed E-state index contributed by atoms with van der Waals surface area (Å²) >= 11 is 4.59. The van der Waals surface area contributed by atoms with Crippen LogP contribution >= 0.6 is 12.6 Å². The van der Waals surface area contributed by atoms with Crippen LogP contribution in [-0.2, 0) is 11.2 Å². The van der Waals surface area contributed by atoms with Crippen molar-refractivity contribution in [2.75, 3.05) is 19.7 Å². The van der Waals surface area contributed by atoms with Crippen LogP contribution in [0, 0.1) is 5.92 Å². The molecular weight excluding hydrogens is 454 g/mol. The molecule has 0 spiro atoms. The maximum absolute atomic E-state index is 12.6. The number of benzene rings is 2. The molecule has 0 aliphatic carbocycles. The number of carbonyl (C=O) groups excluding carboxylic acids is 1. The highest BCUT2D eigenvalue weighted by molar-refractivity contribution is 7.80. The molecule has 2 N–H and O–H groups in total. The third kappa shape index (κ3) is 6.32. The molecule has 178 valence electrons. The van der Waals surface area contributed by atoms with Crippen molar-refractivity contribution in [1.29, 1.82) is 0 Å². The molecule has 8 nitrogen and oxygen atoms in total. The third-order valence-electron chi connectivity index (χ3n) is 5.82. The number of rotatable bonds is 8. The number of imidazole rings is 1. The Bertz CT molecular complexity index is 1080. The number of thiol groups is 1. The van der Waals surface area contributed by atoms with Gasteiger partial charge in [0.1, 0.15) is 17.3 Å². The molecule has 1 saturated heterocycles. The van der Waals surface area contributed by atoms with Gasteiger partial charge in [0.25, 0.3) is 0 Å². The van der Waals surface area contributed by atoms with E-state index >= 15 is 0 Å². The first kappa shape index (κ1) is 23.7. The summed E-state index contributed by atoms with van der Waals surface area (Å²) in [6.45, 7) is 1.78. The SMILES string of the molecule is O=C(O)Cc1ccc(OCC2CCN(C(=O)Oc3ccc(C(S)c4ncc[nH]4)cc3)CC2)cc1. The number of ether oxygens (including phenoxy) is 2. The lowest BCUT2D eigenvalue weighted by molar-refractivity contribution is -0.136. The average Bonchev–Trinajstić information content (AvgIpc) is 3.39. The molecule has 0 saturated carbocycles. The van der Waals surface area contributed by atoms with Crippen LogP contribution in [-0.4, -0.2) is 51.7 Å². The predicted octanol–water partition coefficient (Wildman–Crippen LogP) is 4.35. The molecule has 1 aliphatic rings. The molecular formula is C25H27N3O5S. The van der Waals surface area contributed by atoms with Crippen molar-refractivity contribution in [1.82, 2.24) is 14.9 Å². The molecule has 1 fully saturated rings. The number of carbonyl (C=O) groups is 2. The summed E-state index contributed by atoms with van der Waals surface area (Å²) in [6.07, 6.45) is 4.75. The molecule has 1 aromatic heterocycles. The lowest BCUT2D eigenvalue weighted by atomic mass is 9.98. The van der Waals surface area contributed by atoms with Gasteiger partial charge in [-0.3, -0.25) is 4.79 Å². The molecule has 1 atom stereocenters. The van der Waals surface area contributed by atoms with Gasteiger partial charge < -0.3 is 24.5 Å². The van der Waals surface area contributed by atoms with Crippen molar-refractivity contribution >= 4 is 24.7 Å². The quantitative estimate of drug-likeness (QED) is 0.413. The summed E-state index contributed by atoms with van der Waals surface area (Å²) in [5.41, 5.74) is 1.69. The number of hydrogen-bond donors (Lipinski definition) is 3. The number of H-pyrrole nitrogens is 1. The second kappa shape index (κ2) is 11.1. The van der Waals surface area contributed by atoms with Gasteiger partial charge in [0, 0.05) is 25.5 Å². The van der Waals surface area contributed by atoms with E-state index in [2.05, 4.69) is 22.6 Å². The van der Waals surface area contributed by atoms with Gasteiger partial charge >= 0.3 is 12.1 Å². The van der Waals surface area contributed by atoms with E-state index in [1.807, 2.05) is 12.1 Å². The van der Waals surface area contributed by atoms with E-state index in [-0.39, 0.29) is 17.8 Å². The smallest absolute Gasteiger partial charge is 0.415 e. The molecule has 2 aromatic carbocycles. The van der Waals surface area contributed by atoms with Crippen molar-refractivity contribution in [3.05, 3.63) is 77.9 Å². The van der Waals surface area contributed by atoms with Crippen molar-refractivity contribution < 1.29 is 24.2 Å². The molecule has 34 heavy (non-hydrogen) atoms. The van der Waals surface area contributed by atoms with Gasteiger partial charge in [-0.2, -0.15) is 12.6 Å². The van der Waals surface area contributed by atoms with Crippen LogP contribution in [0.4, 0.5) is 4.79 Å². The van der Waals surface area contributed by atoms with Gasteiger partial charge in [0.05, 0.1) is 18.3 Å². The minimum atomic E-state index is -0.854. The Hall–Kier alpha value is -3.46. The van der Waals surface area contributed by atoms with Gasteiger partial charge in [0.2, 0.25) is 0 Å². The van der Waals surface area contributed by atoms with Gasteiger partial charge in [0.15, 0.2) is 0 Å².